The van der Waals surface area contributed by atoms with E-state index in [4.69, 9.17) is 9.47 Å². The van der Waals surface area contributed by atoms with E-state index in [2.05, 4.69) is 0 Å². The lowest BCUT2D eigenvalue weighted by atomic mass is 9.76. The van der Waals surface area contributed by atoms with Crippen molar-refractivity contribution in [2.75, 3.05) is 0 Å². The first kappa shape index (κ1) is 17.9. The molecule has 27 heavy (non-hydrogen) atoms. The molecule has 5 heteroatoms. The van der Waals surface area contributed by atoms with Gasteiger partial charge in [-0.25, -0.2) is 4.79 Å². The number of aryl methyl sites for hydroxylation is 1. The summed E-state index contributed by atoms with van der Waals surface area (Å²) in [6.07, 6.45) is 4.47. The molecule has 0 amide bonds. The Morgan fingerprint density at radius 2 is 1.85 bits per heavy atom. The molecule has 0 aromatic heterocycles. The van der Waals surface area contributed by atoms with Gasteiger partial charge in [0.2, 0.25) is 0 Å². The number of esters is 1. The van der Waals surface area contributed by atoms with Crippen molar-refractivity contribution in [1.82, 2.24) is 0 Å². The van der Waals surface area contributed by atoms with Gasteiger partial charge in [0.15, 0.2) is 5.60 Å². The second-order valence-corrected chi connectivity index (χ2v) is 7.32. The number of carbonyl (C=O) groups excluding carboxylic acids is 1. The summed E-state index contributed by atoms with van der Waals surface area (Å²) in [5.41, 5.74) is 3.11. The maximum absolute atomic E-state index is 12.8. The Labute approximate surface area is 162 Å². The highest BCUT2D eigenvalue weighted by molar-refractivity contribution is 7.93. The lowest BCUT2D eigenvalue weighted by Gasteiger charge is -2.37. The maximum atomic E-state index is 12.8. The first-order valence-corrected chi connectivity index (χ1v) is 9.67. The number of allylic oxidation sites excluding steroid dienone is 1. The van der Waals surface area contributed by atoms with Crippen molar-refractivity contribution in [3.05, 3.63) is 76.4 Å². The molecule has 0 saturated carbocycles. The van der Waals surface area contributed by atoms with Crippen LogP contribution in [0.25, 0.3) is 0 Å². The third-order valence-electron chi connectivity index (χ3n) is 5.06. The van der Waals surface area contributed by atoms with Crippen molar-refractivity contribution in [1.29, 1.82) is 0 Å². The van der Waals surface area contributed by atoms with Gasteiger partial charge in [0.05, 0.1) is 0 Å². The lowest BCUT2D eigenvalue weighted by Crippen LogP contribution is -2.33. The smallest absolute Gasteiger partial charge is 0.336 e. The molecule has 1 N–H and O–H groups in total. The van der Waals surface area contributed by atoms with Crippen LogP contribution in [-0.4, -0.2) is 10.5 Å². The number of ether oxygens (including phenoxy) is 2. The zero-order valence-corrected chi connectivity index (χ0v) is 16.2. The third kappa shape index (κ3) is 2.53. The molecule has 0 saturated heterocycles. The van der Waals surface area contributed by atoms with Gasteiger partial charge in [0, 0.05) is 39.2 Å². The van der Waals surface area contributed by atoms with E-state index in [-0.39, 0.29) is 5.97 Å². The third-order valence-corrected chi connectivity index (χ3v) is 5.52. The normalized spacial score (nSPS) is 20.7. The Morgan fingerprint density at radius 3 is 2.52 bits per heavy atom. The molecule has 4 nitrogen and oxygen atoms in total. The minimum atomic E-state index is -1.04. The summed E-state index contributed by atoms with van der Waals surface area (Å²) in [7, 11) is 0. The molecule has 2 heterocycles. The van der Waals surface area contributed by atoms with Crippen LogP contribution in [0.4, 0.5) is 0 Å². The average Bonchev–Trinajstić information content (AvgIpc) is 2.93. The van der Waals surface area contributed by atoms with E-state index in [0.717, 1.165) is 22.3 Å². The molecule has 0 fully saturated rings. The number of carbonyl (C=O) groups is 1. The molecule has 0 aliphatic carbocycles. The molecule has 2 aromatic rings. The van der Waals surface area contributed by atoms with Gasteiger partial charge in [-0.1, -0.05) is 31.2 Å². The number of rotatable bonds is 3. The Bertz CT molecular complexity index is 1010. The zero-order chi connectivity index (χ0) is 19.2. The van der Waals surface area contributed by atoms with Crippen LogP contribution in [0.2, 0.25) is 0 Å². The fourth-order valence-electron chi connectivity index (χ4n) is 3.90. The highest BCUT2D eigenvalue weighted by Gasteiger charge is 2.53. The molecule has 1 spiro atoms. The first-order valence-electron chi connectivity index (χ1n) is 8.89. The van der Waals surface area contributed by atoms with E-state index in [1.54, 1.807) is 12.1 Å². The summed E-state index contributed by atoms with van der Waals surface area (Å²) in [5, 5.41) is 0. The number of hydrogen-bond donors (Lipinski definition) is 1. The molecule has 1 atom stereocenters. The Hall–Kier alpha value is -2.50. The topological polar surface area (TPSA) is 55.8 Å². The first-order chi connectivity index (χ1) is 13.0. The van der Waals surface area contributed by atoms with E-state index in [0.29, 0.717) is 40.4 Å². The summed E-state index contributed by atoms with van der Waals surface area (Å²) >= 11 is 0.660. The summed E-state index contributed by atoms with van der Waals surface area (Å²) in [4.78, 5) is 13.4. The van der Waals surface area contributed by atoms with Crippen LogP contribution >= 0.6 is 12.0 Å². The van der Waals surface area contributed by atoms with Crippen molar-refractivity contribution in [3.8, 4) is 11.5 Å². The lowest BCUT2D eigenvalue weighted by molar-refractivity contribution is -0.145. The van der Waals surface area contributed by atoms with E-state index in [1.165, 1.54) is 0 Å². The fourth-order valence-corrected chi connectivity index (χ4v) is 4.19. The number of hydrogen-bond acceptors (Lipinski definition) is 5. The van der Waals surface area contributed by atoms with Crippen LogP contribution in [0.5, 0.6) is 11.5 Å². The zero-order valence-electron chi connectivity index (χ0n) is 15.4. The molecule has 4 rings (SSSR count). The van der Waals surface area contributed by atoms with Gasteiger partial charge in [0.1, 0.15) is 11.5 Å². The van der Waals surface area contributed by atoms with Crippen LogP contribution in [0.15, 0.2) is 64.6 Å². The van der Waals surface area contributed by atoms with E-state index >= 15 is 0 Å². The van der Waals surface area contributed by atoms with Crippen molar-refractivity contribution in [2.45, 2.75) is 37.7 Å². The molecule has 138 valence electrons. The quantitative estimate of drug-likeness (QED) is 0.543. The highest BCUT2D eigenvalue weighted by atomic mass is 32.2. The molecule has 1 unspecified atom stereocenters. The Balaban J connectivity index is 2.09. The molecule has 2 aliphatic heterocycles. The monoisotopic (exact) mass is 380 g/mol. The summed E-state index contributed by atoms with van der Waals surface area (Å²) in [6.45, 7) is 5.88. The van der Waals surface area contributed by atoms with Crippen molar-refractivity contribution in [3.63, 3.8) is 0 Å². The van der Waals surface area contributed by atoms with Gasteiger partial charge in [-0.15, -0.1) is 0 Å². The summed E-state index contributed by atoms with van der Waals surface area (Å²) in [6, 6.07) is 11.4. The Kier molecular flexibility index (Phi) is 4.36. The average molecular weight is 380 g/mol. The summed E-state index contributed by atoms with van der Waals surface area (Å²) in [5.74, 6) is 0.944. The molecule has 2 aromatic carbocycles. The van der Waals surface area contributed by atoms with Gasteiger partial charge >= 0.3 is 5.97 Å². The van der Waals surface area contributed by atoms with Gasteiger partial charge in [-0.2, -0.15) is 0 Å². The Morgan fingerprint density at radius 1 is 1.15 bits per heavy atom. The maximum Gasteiger partial charge on any atom is 0.336 e. The van der Waals surface area contributed by atoms with Crippen LogP contribution in [0, 0.1) is 6.92 Å². The van der Waals surface area contributed by atoms with Crippen LogP contribution in [-0.2, 0) is 15.1 Å². The predicted octanol–water partition coefficient (Wildman–Crippen LogP) is 5.75. The molecular weight excluding hydrogens is 360 g/mol. The molecule has 2 aliphatic rings. The summed E-state index contributed by atoms with van der Waals surface area (Å²) < 4.78 is 21.7. The standard InChI is InChI=1S/C22H20O4S/c1-4-6-16-15(5-2)21(23)26-22(16)17-9-7-13(3)11-19(17)25-20-12-14(27-24)8-10-18(20)22/h4,6-12,24H,5H2,1-3H3/b6-4-. The van der Waals surface area contributed by atoms with E-state index in [1.807, 2.05) is 57.2 Å². The van der Waals surface area contributed by atoms with Crippen molar-refractivity contribution in [2.24, 2.45) is 0 Å². The highest BCUT2D eigenvalue weighted by Crippen LogP contribution is 2.57. The number of fused-ring (bicyclic) bond motifs is 4. The van der Waals surface area contributed by atoms with E-state index < -0.39 is 5.60 Å². The van der Waals surface area contributed by atoms with Gasteiger partial charge in [0.25, 0.3) is 0 Å². The van der Waals surface area contributed by atoms with Crippen molar-refractivity contribution >= 4 is 18.0 Å². The molecular formula is C22H20O4S. The van der Waals surface area contributed by atoms with E-state index in [9.17, 15) is 9.35 Å². The minimum Gasteiger partial charge on any atom is -0.456 e. The second-order valence-electron chi connectivity index (χ2n) is 6.67. The molecule has 0 bridgehead atoms. The minimum absolute atomic E-state index is 0.300. The van der Waals surface area contributed by atoms with Crippen LogP contribution < -0.4 is 4.74 Å². The predicted molar refractivity (Wildman–Crippen MR) is 105 cm³/mol. The fraction of sp³-hybridized carbons (Fsp3) is 0.227. The number of benzene rings is 2. The van der Waals surface area contributed by atoms with Gasteiger partial charge < -0.3 is 14.0 Å². The second kappa shape index (κ2) is 6.59. The largest absolute Gasteiger partial charge is 0.456 e. The van der Waals surface area contributed by atoms with Crippen LogP contribution in [0.3, 0.4) is 0 Å². The molecule has 0 radical (unpaired) electrons. The SMILES string of the molecule is C/C=C\C1=C(CC)C(=O)OC12c1ccc(C)cc1Oc1cc(SO)ccc12. The van der Waals surface area contributed by atoms with Crippen LogP contribution in [0.1, 0.15) is 37.0 Å². The van der Waals surface area contributed by atoms with Crippen molar-refractivity contribution < 1.29 is 18.8 Å². The van der Waals surface area contributed by atoms with Gasteiger partial charge in [-0.05, 0) is 50.1 Å². The van der Waals surface area contributed by atoms with Gasteiger partial charge in [-0.3, -0.25) is 0 Å².